The Bertz CT molecular complexity index is 588. The SMILES string of the molecule is CS(=O)(=O)[C@H]1[C@H](c2ccccc2)[C@]1(C#N)C=O. The first-order valence-electron chi connectivity index (χ1n) is 5.09. The van der Waals surface area contributed by atoms with E-state index >= 15 is 0 Å². The fourth-order valence-corrected chi connectivity index (χ4v) is 4.15. The van der Waals surface area contributed by atoms with Crippen molar-refractivity contribution in [1.29, 1.82) is 5.26 Å². The number of benzene rings is 1. The van der Waals surface area contributed by atoms with Crippen molar-refractivity contribution >= 4 is 16.1 Å². The quantitative estimate of drug-likeness (QED) is 0.746. The lowest BCUT2D eigenvalue weighted by Crippen LogP contribution is -2.14. The van der Waals surface area contributed by atoms with Gasteiger partial charge in [0.05, 0.1) is 11.3 Å². The molecule has 1 fully saturated rings. The van der Waals surface area contributed by atoms with Crippen LogP contribution in [0.15, 0.2) is 30.3 Å². The van der Waals surface area contributed by atoms with Gasteiger partial charge < -0.3 is 4.79 Å². The smallest absolute Gasteiger partial charge is 0.153 e. The van der Waals surface area contributed by atoms with E-state index in [1.54, 1.807) is 30.3 Å². The lowest BCUT2D eigenvalue weighted by Gasteiger charge is -1.98. The number of nitrogens with zero attached hydrogens (tertiary/aromatic N) is 1. The number of aldehydes is 1. The topological polar surface area (TPSA) is 75.0 Å². The molecule has 0 aromatic heterocycles. The maximum Gasteiger partial charge on any atom is 0.153 e. The van der Waals surface area contributed by atoms with E-state index in [0.717, 1.165) is 11.8 Å². The van der Waals surface area contributed by atoms with Crippen molar-refractivity contribution in [3.63, 3.8) is 0 Å². The molecule has 1 aliphatic carbocycles. The molecule has 0 amide bonds. The average Bonchev–Trinajstić information content (AvgIpc) is 3.00. The molecule has 0 saturated heterocycles. The molecule has 1 aromatic carbocycles. The summed E-state index contributed by atoms with van der Waals surface area (Å²) in [5.74, 6) is -0.541. The first kappa shape index (κ1) is 11.8. The largest absolute Gasteiger partial charge is 0.302 e. The van der Waals surface area contributed by atoms with Crippen LogP contribution in [0.2, 0.25) is 0 Å². The zero-order valence-electron chi connectivity index (χ0n) is 9.20. The van der Waals surface area contributed by atoms with Crippen molar-refractivity contribution in [3.8, 4) is 6.07 Å². The summed E-state index contributed by atoms with van der Waals surface area (Å²) >= 11 is 0. The number of hydrogen-bond acceptors (Lipinski definition) is 4. The molecule has 5 heteroatoms. The van der Waals surface area contributed by atoms with E-state index in [4.69, 9.17) is 5.26 Å². The van der Waals surface area contributed by atoms with Crippen LogP contribution in [0.4, 0.5) is 0 Å². The Morgan fingerprint density at radius 3 is 2.29 bits per heavy atom. The van der Waals surface area contributed by atoms with Crippen LogP contribution in [0.25, 0.3) is 0 Å². The first-order valence-corrected chi connectivity index (χ1v) is 7.04. The van der Waals surface area contributed by atoms with Crippen molar-refractivity contribution < 1.29 is 13.2 Å². The maximum absolute atomic E-state index is 11.6. The Balaban J connectivity index is 2.50. The highest BCUT2D eigenvalue weighted by Crippen LogP contribution is 2.61. The lowest BCUT2D eigenvalue weighted by molar-refractivity contribution is -0.110. The number of rotatable bonds is 3. The highest BCUT2D eigenvalue weighted by atomic mass is 32.2. The van der Waals surface area contributed by atoms with E-state index in [-0.39, 0.29) is 0 Å². The third-order valence-corrected chi connectivity index (χ3v) is 4.77. The average molecular weight is 249 g/mol. The van der Waals surface area contributed by atoms with Crippen LogP contribution in [-0.4, -0.2) is 26.2 Å². The van der Waals surface area contributed by atoms with E-state index in [1.165, 1.54) is 0 Å². The Morgan fingerprint density at radius 1 is 1.35 bits per heavy atom. The minimum atomic E-state index is -3.41. The predicted molar refractivity (Wildman–Crippen MR) is 61.9 cm³/mol. The van der Waals surface area contributed by atoms with Gasteiger partial charge in [0.1, 0.15) is 11.7 Å². The van der Waals surface area contributed by atoms with Gasteiger partial charge in [0, 0.05) is 12.2 Å². The molecule has 17 heavy (non-hydrogen) atoms. The molecular weight excluding hydrogens is 238 g/mol. The van der Waals surface area contributed by atoms with Gasteiger partial charge >= 0.3 is 0 Å². The van der Waals surface area contributed by atoms with Gasteiger partial charge in [0.25, 0.3) is 0 Å². The molecule has 0 unspecified atom stereocenters. The zero-order valence-corrected chi connectivity index (χ0v) is 10.0. The van der Waals surface area contributed by atoms with E-state index in [2.05, 4.69) is 0 Å². The van der Waals surface area contributed by atoms with Crippen molar-refractivity contribution in [2.75, 3.05) is 6.26 Å². The van der Waals surface area contributed by atoms with Crippen LogP contribution in [0, 0.1) is 16.7 Å². The molecule has 0 aliphatic heterocycles. The number of sulfone groups is 1. The summed E-state index contributed by atoms with van der Waals surface area (Å²) in [6.07, 6.45) is 1.53. The van der Waals surface area contributed by atoms with Gasteiger partial charge in [-0.1, -0.05) is 30.3 Å². The van der Waals surface area contributed by atoms with E-state index in [1.807, 2.05) is 6.07 Å². The number of carbonyl (C=O) groups excluding carboxylic acids is 1. The Labute approximate surface area is 99.8 Å². The van der Waals surface area contributed by atoms with Crippen molar-refractivity contribution in [2.45, 2.75) is 11.2 Å². The molecule has 3 atom stereocenters. The molecule has 4 nitrogen and oxygen atoms in total. The highest BCUT2D eigenvalue weighted by Gasteiger charge is 2.71. The van der Waals surface area contributed by atoms with Crippen LogP contribution >= 0.6 is 0 Å². The Morgan fingerprint density at radius 2 is 1.94 bits per heavy atom. The number of nitriles is 1. The normalized spacial score (nSPS) is 31.5. The highest BCUT2D eigenvalue weighted by molar-refractivity contribution is 7.91. The number of carbonyl (C=O) groups is 1. The second-order valence-electron chi connectivity index (χ2n) is 4.30. The van der Waals surface area contributed by atoms with Crippen LogP contribution in [0.5, 0.6) is 0 Å². The summed E-state index contributed by atoms with van der Waals surface area (Å²) in [6.45, 7) is 0. The minimum absolute atomic E-state index is 0.469. The van der Waals surface area contributed by atoms with Gasteiger partial charge in [0.2, 0.25) is 0 Å². The van der Waals surface area contributed by atoms with E-state index in [0.29, 0.717) is 6.29 Å². The summed E-state index contributed by atoms with van der Waals surface area (Å²) in [5.41, 5.74) is -0.689. The maximum atomic E-state index is 11.6. The Hall–Kier alpha value is -1.67. The molecule has 0 N–H and O–H groups in total. The monoisotopic (exact) mass is 249 g/mol. The van der Waals surface area contributed by atoms with Gasteiger partial charge in [-0.25, -0.2) is 8.42 Å². The third kappa shape index (κ3) is 1.65. The molecule has 0 heterocycles. The number of hydrogen-bond donors (Lipinski definition) is 0. The lowest BCUT2D eigenvalue weighted by atomic mass is 10.0. The third-order valence-electron chi connectivity index (χ3n) is 3.19. The van der Waals surface area contributed by atoms with Crippen molar-refractivity contribution in [3.05, 3.63) is 35.9 Å². The van der Waals surface area contributed by atoms with Gasteiger partial charge in [-0.05, 0) is 5.56 Å². The summed E-state index contributed by atoms with van der Waals surface area (Å²) in [5, 5.41) is 8.16. The van der Waals surface area contributed by atoms with Crippen LogP contribution < -0.4 is 0 Å². The molecular formula is C12H11NO3S. The fourth-order valence-electron chi connectivity index (χ4n) is 2.39. The van der Waals surface area contributed by atoms with Crippen molar-refractivity contribution in [1.82, 2.24) is 0 Å². The predicted octanol–water partition coefficient (Wildman–Crippen LogP) is 0.906. The van der Waals surface area contributed by atoms with Gasteiger partial charge in [-0.2, -0.15) is 5.26 Å². The summed E-state index contributed by atoms with van der Waals surface area (Å²) < 4.78 is 23.2. The van der Waals surface area contributed by atoms with Gasteiger partial charge in [0.15, 0.2) is 9.84 Å². The first-order chi connectivity index (χ1) is 7.97. The standard InChI is InChI=1S/C12H11NO3S/c1-17(15,16)11-10(12(11,7-13)8-14)9-5-3-2-4-6-9/h2-6,8,10-11H,1H3/t10-,11-,12-/m0/s1. The van der Waals surface area contributed by atoms with Gasteiger partial charge in [-0.15, -0.1) is 0 Å². The zero-order chi connectivity index (χ0) is 12.7. The molecule has 2 rings (SSSR count). The molecule has 1 aliphatic rings. The van der Waals surface area contributed by atoms with E-state index in [9.17, 15) is 13.2 Å². The van der Waals surface area contributed by atoms with Crippen molar-refractivity contribution in [2.24, 2.45) is 5.41 Å². The molecule has 0 spiro atoms. The minimum Gasteiger partial charge on any atom is -0.302 e. The second-order valence-corrected chi connectivity index (χ2v) is 6.47. The summed E-state index contributed by atoms with van der Waals surface area (Å²) in [4.78, 5) is 11.1. The van der Waals surface area contributed by atoms with Gasteiger partial charge in [-0.3, -0.25) is 0 Å². The Kier molecular flexibility index (Phi) is 2.55. The molecule has 0 radical (unpaired) electrons. The molecule has 1 aromatic rings. The van der Waals surface area contributed by atoms with Crippen LogP contribution in [0.1, 0.15) is 11.5 Å². The summed E-state index contributed by atoms with van der Waals surface area (Å²) in [7, 11) is -3.41. The van der Waals surface area contributed by atoms with E-state index < -0.39 is 26.4 Å². The molecule has 1 saturated carbocycles. The van der Waals surface area contributed by atoms with Crippen LogP contribution in [-0.2, 0) is 14.6 Å². The summed E-state index contributed by atoms with van der Waals surface area (Å²) in [6, 6.07) is 10.7. The molecule has 0 bridgehead atoms. The van der Waals surface area contributed by atoms with Crippen LogP contribution in [0.3, 0.4) is 0 Å². The second kappa shape index (κ2) is 3.67. The molecule has 88 valence electrons. The fraction of sp³-hybridized carbons (Fsp3) is 0.333.